The number of amidine groups is 1. The average molecular weight is 364 g/mol. The van der Waals surface area contributed by atoms with Crippen molar-refractivity contribution in [2.45, 2.75) is 30.7 Å². The predicted octanol–water partition coefficient (Wildman–Crippen LogP) is 0.668. The lowest BCUT2D eigenvalue weighted by molar-refractivity contribution is -0.132. The second kappa shape index (κ2) is 7.13. The fourth-order valence-corrected chi connectivity index (χ4v) is 4.51. The van der Waals surface area contributed by atoms with E-state index >= 15 is 0 Å². The molecule has 0 aromatic heterocycles. The Kier molecular flexibility index (Phi) is 5.10. The maximum atomic E-state index is 12.3. The van der Waals surface area contributed by atoms with Crippen molar-refractivity contribution in [3.05, 3.63) is 29.8 Å². The average Bonchev–Trinajstić information content (AvgIpc) is 2.86. The van der Waals surface area contributed by atoms with Crippen LogP contribution < -0.4 is 5.32 Å². The predicted molar refractivity (Wildman–Crippen MR) is 96.1 cm³/mol. The third-order valence-electron chi connectivity index (χ3n) is 4.58. The van der Waals surface area contributed by atoms with Crippen LogP contribution in [0.2, 0.25) is 0 Å². The van der Waals surface area contributed by atoms with Crippen LogP contribution in [-0.2, 0) is 14.8 Å². The summed E-state index contributed by atoms with van der Waals surface area (Å²) in [6.07, 6.45) is 1.12. The van der Waals surface area contributed by atoms with Gasteiger partial charge in [-0.25, -0.2) is 0 Å². The lowest BCUT2D eigenvalue weighted by Crippen LogP contribution is -2.51. The van der Waals surface area contributed by atoms with Crippen molar-refractivity contribution in [2.75, 3.05) is 33.2 Å². The third-order valence-corrected chi connectivity index (χ3v) is 5.90. The molecule has 136 valence electrons. The molecular formula is C17H24N4O3S. The van der Waals surface area contributed by atoms with Crippen LogP contribution in [0.3, 0.4) is 0 Å². The van der Waals surface area contributed by atoms with E-state index in [9.17, 15) is 13.2 Å². The molecule has 3 rings (SSSR count). The van der Waals surface area contributed by atoms with Crippen LogP contribution in [0, 0.1) is 0 Å². The van der Waals surface area contributed by atoms with Gasteiger partial charge in [0.25, 0.3) is 10.0 Å². The van der Waals surface area contributed by atoms with E-state index in [2.05, 4.69) is 16.6 Å². The summed E-state index contributed by atoms with van der Waals surface area (Å²) < 4.78 is 28.1. The molecule has 0 saturated carbocycles. The summed E-state index contributed by atoms with van der Waals surface area (Å²) in [5.41, 5.74) is 0.632. The number of amides is 1. The van der Waals surface area contributed by atoms with Crippen molar-refractivity contribution >= 4 is 21.8 Å². The molecule has 2 heterocycles. The Balaban J connectivity index is 1.57. The molecule has 1 aromatic carbocycles. The first-order valence-electron chi connectivity index (χ1n) is 8.55. The monoisotopic (exact) mass is 364 g/mol. The van der Waals surface area contributed by atoms with Gasteiger partial charge in [0.2, 0.25) is 5.91 Å². The van der Waals surface area contributed by atoms with E-state index in [4.69, 9.17) is 0 Å². The summed E-state index contributed by atoms with van der Waals surface area (Å²) in [5, 5.41) is 3.32. The molecule has 8 heteroatoms. The molecule has 0 aliphatic carbocycles. The number of hydrogen-bond donors (Lipinski definition) is 1. The summed E-state index contributed by atoms with van der Waals surface area (Å²) >= 11 is 0. The molecule has 1 N–H and O–H groups in total. The number of piperazine rings is 1. The highest BCUT2D eigenvalue weighted by molar-refractivity contribution is 7.90. The smallest absolute Gasteiger partial charge is 0.285 e. The van der Waals surface area contributed by atoms with E-state index in [0.717, 1.165) is 19.6 Å². The molecule has 25 heavy (non-hydrogen) atoms. The van der Waals surface area contributed by atoms with Crippen LogP contribution in [0.15, 0.2) is 33.6 Å². The van der Waals surface area contributed by atoms with E-state index < -0.39 is 10.0 Å². The number of sulfonamides is 1. The Bertz CT molecular complexity index is 791. The Hall–Kier alpha value is -1.93. The number of benzene rings is 1. The molecule has 1 atom stereocenters. The first-order chi connectivity index (χ1) is 11.9. The van der Waals surface area contributed by atoms with Crippen LogP contribution in [0.4, 0.5) is 0 Å². The summed E-state index contributed by atoms with van der Waals surface area (Å²) in [6, 6.07) is 7.17. The zero-order chi connectivity index (χ0) is 18.0. The molecular weight excluding hydrogens is 340 g/mol. The van der Waals surface area contributed by atoms with E-state index in [1.807, 2.05) is 16.8 Å². The quantitative estimate of drug-likeness (QED) is 0.849. The topological polar surface area (TPSA) is 82.1 Å². The zero-order valence-electron chi connectivity index (χ0n) is 14.6. The van der Waals surface area contributed by atoms with Gasteiger partial charge in [-0.2, -0.15) is 8.42 Å². The Labute approximate surface area is 148 Å². The van der Waals surface area contributed by atoms with E-state index in [0.29, 0.717) is 36.8 Å². The highest BCUT2D eigenvalue weighted by atomic mass is 32.2. The summed E-state index contributed by atoms with van der Waals surface area (Å²) in [4.78, 5) is 16.3. The number of hydrogen-bond acceptors (Lipinski definition) is 5. The van der Waals surface area contributed by atoms with Gasteiger partial charge in [-0.15, -0.1) is 4.40 Å². The van der Waals surface area contributed by atoms with Gasteiger partial charge in [0.1, 0.15) is 10.7 Å². The Morgan fingerprint density at radius 2 is 2.16 bits per heavy atom. The van der Waals surface area contributed by atoms with E-state index in [-0.39, 0.29) is 10.8 Å². The number of carbonyl (C=O) groups excluding carboxylic acids is 1. The summed E-state index contributed by atoms with van der Waals surface area (Å²) in [5.74, 6) is 0.613. The molecule has 7 nitrogen and oxygen atoms in total. The highest BCUT2D eigenvalue weighted by Gasteiger charge is 2.30. The van der Waals surface area contributed by atoms with Crippen LogP contribution >= 0.6 is 0 Å². The maximum absolute atomic E-state index is 12.3. The minimum Gasteiger partial charge on any atom is -0.358 e. The van der Waals surface area contributed by atoms with Crippen molar-refractivity contribution in [3.63, 3.8) is 0 Å². The molecule has 1 amide bonds. The number of nitrogens with one attached hydrogen (secondary N) is 1. The second-order valence-electron chi connectivity index (χ2n) is 6.61. The third kappa shape index (κ3) is 3.85. The fourth-order valence-electron chi connectivity index (χ4n) is 3.25. The van der Waals surface area contributed by atoms with Crippen molar-refractivity contribution < 1.29 is 13.2 Å². The normalized spacial score (nSPS) is 21.6. The molecule has 0 bridgehead atoms. The fraction of sp³-hybridized carbons (Fsp3) is 0.529. The van der Waals surface area contributed by atoms with Gasteiger partial charge >= 0.3 is 0 Å². The lowest BCUT2D eigenvalue weighted by atomic mass is 10.1. The van der Waals surface area contributed by atoms with Crippen LogP contribution in [0.5, 0.6) is 0 Å². The van der Waals surface area contributed by atoms with Gasteiger partial charge in [0.15, 0.2) is 0 Å². The molecule has 1 saturated heterocycles. The SMILES string of the molecule is CC1CN(C(=O)CCCN(C)C2=NS(=O)(=O)c3ccccc32)CCN1. The molecule has 0 radical (unpaired) electrons. The maximum Gasteiger partial charge on any atom is 0.285 e. The summed E-state index contributed by atoms with van der Waals surface area (Å²) in [6.45, 7) is 4.97. The van der Waals surface area contributed by atoms with Crippen LogP contribution in [0.1, 0.15) is 25.3 Å². The van der Waals surface area contributed by atoms with Crippen molar-refractivity contribution in [2.24, 2.45) is 4.40 Å². The molecule has 1 aromatic rings. The zero-order valence-corrected chi connectivity index (χ0v) is 15.4. The first kappa shape index (κ1) is 17.9. The van der Waals surface area contributed by atoms with Crippen molar-refractivity contribution in [1.29, 1.82) is 0 Å². The van der Waals surface area contributed by atoms with Gasteiger partial charge in [-0.3, -0.25) is 4.79 Å². The lowest BCUT2D eigenvalue weighted by Gasteiger charge is -2.32. The van der Waals surface area contributed by atoms with E-state index in [1.54, 1.807) is 24.3 Å². The second-order valence-corrected chi connectivity index (χ2v) is 8.18. The standard InChI is InChI=1S/C17H24N4O3S/c1-13-12-21(11-9-18-13)16(22)8-5-10-20(2)17-14-6-3-4-7-15(14)25(23,24)19-17/h3-4,6-7,13,18H,5,8-12H2,1-2H3. The minimum absolute atomic E-state index is 0.156. The van der Waals surface area contributed by atoms with Gasteiger partial charge in [-0.1, -0.05) is 12.1 Å². The molecule has 0 spiro atoms. The van der Waals surface area contributed by atoms with Crippen LogP contribution in [0.25, 0.3) is 0 Å². The van der Waals surface area contributed by atoms with E-state index in [1.165, 1.54) is 0 Å². The Morgan fingerprint density at radius 3 is 2.92 bits per heavy atom. The van der Waals surface area contributed by atoms with Crippen LogP contribution in [-0.4, -0.2) is 69.2 Å². The number of carbonyl (C=O) groups is 1. The van der Waals surface area contributed by atoms with Gasteiger partial charge in [-0.05, 0) is 25.5 Å². The number of nitrogens with zero attached hydrogens (tertiary/aromatic N) is 3. The molecule has 1 unspecified atom stereocenters. The largest absolute Gasteiger partial charge is 0.358 e. The molecule has 1 fully saturated rings. The number of fused-ring (bicyclic) bond motifs is 1. The number of rotatable bonds is 4. The highest BCUT2D eigenvalue weighted by Crippen LogP contribution is 2.27. The van der Waals surface area contributed by atoms with Crippen molar-refractivity contribution in [1.82, 2.24) is 15.1 Å². The van der Waals surface area contributed by atoms with Gasteiger partial charge in [0, 0.05) is 51.3 Å². The van der Waals surface area contributed by atoms with Crippen molar-refractivity contribution in [3.8, 4) is 0 Å². The first-order valence-corrected chi connectivity index (χ1v) is 9.99. The summed E-state index contributed by atoms with van der Waals surface area (Å²) in [7, 11) is -1.79. The Morgan fingerprint density at radius 1 is 1.40 bits per heavy atom. The van der Waals surface area contributed by atoms with Gasteiger partial charge in [0.05, 0.1) is 0 Å². The molecule has 2 aliphatic rings. The van der Waals surface area contributed by atoms with Gasteiger partial charge < -0.3 is 15.1 Å². The minimum atomic E-state index is -3.60. The molecule has 2 aliphatic heterocycles.